The van der Waals surface area contributed by atoms with Crippen molar-refractivity contribution in [2.75, 3.05) is 17.6 Å². The fourth-order valence-electron chi connectivity index (χ4n) is 1.86. The minimum atomic E-state index is 0.610. The second-order valence-electron chi connectivity index (χ2n) is 5.05. The van der Waals surface area contributed by atoms with Crippen LogP contribution >= 0.6 is 51.5 Å². The van der Waals surface area contributed by atoms with E-state index in [1.54, 1.807) is 0 Å². The molecule has 0 atom stereocenters. The minimum Gasteiger partial charge on any atom is -0.362 e. The zero-order chi connectivity index (χ0) is 16.7. The van der Waals surface area contributed by atoms with Gasteiger partial charge in [0.2, 0.25) is 0 Å². The van der Waals surface area contributed by atoms with E-state index in [0.29, 0.717) is 10.1 Å². The number of aryl methyl sites for hydroxylation is 1. The standard InChI is InChI=1S/C17H18BrClN2S2/c1-12-2-4-13(5-3-12)11-23-9-8-20-17(22)21-14-6-7-15(18)16(19)10-14/h2-7,10H,8-9,11H2,1H3,(H2,20,21,22). The van der Waals surface area contributed by atoms with Crippen LogP contribution in [0.4, 0.5) is 5.69 Å². The van der Waals surface area contributed by atoms with Crippen LogP contribution in [0.15, 0.2) is 46.9 Å². The average molecular weight is 430 g/mol. The minimum absolute atomic E-state index is 0.610. The molecule has 0 radical (unpaired) electrons. The molecule has 2 nitrogen and oxygen atoms in total. The van der Waals surface area contributed by atoms with Gasteiger partial charge < -0.3 is 10.6 Å². The van der Waals surface area contributed by atoms with E-state index < -0.39 is 0 Å². The van der Waals surface area contributed by atoms with Crippen molar-refractivity contribution in [1.82, 2.24) is 5.32 Å². The van der Waals surface area contributed by atoms with Crippen molar-refractivity contribution in [1.29, 1.82) is 0 Å². The van der Waals surface area contributed by atoms with E-state index >= 15 is 0 Å². The molecule has 2 rings (SSSR count). The topological polar surface area (TPSA) is 24.1 Å². The number of nitrogens with one attached hydrogen (secondary N) is 2. The fraction of sp³-hybridized carbons (Fsp3) is 0.235. The molecule has 0 saturated carbocycles. The molecule has 122 valence electrons. The summed E-state index contributed by atoms with van der Waals surface area (Å²) in [6.45, 7) is 2.93. The molecular formula is C17H18BrClN2S2. The summed E-state index contributed by atoms with van der Waals surface area (Å²) in [6.07, 6.45) is 0. The van der Waals surface area contributed by atoms with Crippen LogP contribution < -0.4 is 10.6 Å². The van der Waals surface area contributed by atoms with Gasteiger partial charge in [0, 0.05) is 28.2 Å². The Morgan fingerprint density at radius 1 is 1.22 bits per heavy atom. The van der Waals surface area contributed by atoms with Crippen molar-refractivity contribution in [3.05, 3.63) is 63.1 Å². The predicted octanol–water partition coefficient (Wildman–Crippen LogP) is 5.63. The van der Waals surface area contributed by atoms with E-state index in [-0.39, 0.29) is 0 Å². The molecule has 6 heteroatoms. The zero-order valence-corrected chi connectivity index (χ0v) is 16.7. The van der Waals surface area contributed by atoms with Crippen molar-refractivity contribution in [3.8, 4) is 0 Å². The fourth-order valence-corrected chi connectivity index (χ4v) is 3.33. The Bertz CT molecular complexity index is 662. The molecule has 0 bridgehead atoms. The van der Waals surface area contributed by atoms with Crippen molar-refractivity contribution >= 4 is 62.3 Å². The smallest absolute Gasteiger partial charge is 0.170 e. The van der Waals surface area contributed by atoms with Gasteiger partial charge in [-0.3, -0.25) is 0 Å². The summed E-state index contributed by atoms with van der Waals surface area (Å²) in [6, 6.07) is 14.3. The molecule has 0 amide bonds. The van der Waals surface area contributed by atoms with Gasteiger partial charge in [0.25, 0.3) is 0 Å². The van der Waals surface area contributed by atoms with Crippen molar-refractivity contribution < 1.29 is 0 Å². The second kappa shape index (κ2) is 9.52. The summed E-state index contributed by atoms with van der Waals surface area (Å²) in [5, 5.41) is 7.61. The lowest BCUT2D eigenvalue weighted by Crippen LogP contribution is -2.30. The van der Waals surface area contributed by atoms with Crippen LogP contribution in [0.5, 0.6) is 0 Å². The molecule has 2 N–H and O–H groups in total. The maximum absolute atomic E-state index is 6.06. The molecule has 2 aromatic carbocycles. The summed E-state index contributed by atoms with van der Waals surface area (Å²) in [4.78, 5) is 0. The third kappa shape index (κ3) is 6.71. The monoisotopic (exact) mass is 428 g/mol. The highest BCUT2D eigenvalue weighted by Gasteiger charge is 2.01. The van der Waals surface area contributed by atoms with Crippen LogP contribution in [-0.4, -0.2) is 17.4 Å². The van der Waals surface area contributed by atoms with E-state index in [1.807, 2.05) is 30.0 Å². The first-order valence-electron chi connectivity index (χ1n) is 7.18. The van der Waals surface area contributed by atoms with E-state index in [9.17, 15) is 0 Å². The van der Waals surface area contributed by atoms with Crippen LogP contribution in [-0.2, 0) is 5.75 Å². The number of hydrogen-bond donors (Lipinski definition) is 2. The number of rotatable bonds is 6. The molecule has 0 unspecified atom stereocenters. The van der Waals surface area contributed by atoms with Gasteiger partial charge in [-0.25, -0.2) is 0 Å². The number of thiocarbonyl (C=S) groups is 1. The largest absolute Gasteiger partial charge is 0.362 e. The quantitative estimate of drug-likeness (QED) is 0.459. The first-order chi connectivity index (χ1) is 11.0. The Kier molecular flexibility index (Phi) is 7.70. The lowest BCUT2D eigenvalue weighted by molar-refractivity contribution is 0.990. The number of thioether (sulfide) groups is 1. The van der Waals surface area contributed by atoms with Gasteiger partial charge in [0.15, 0.2) is 5.11 Å². The Labute approximate surface area is 160 Å². The number of halogens is 2. The third-order valence-electron chi connectivity index (χ3n) is 3.10. The molecule has 0 spiro atoms. The van der Waals surface area contributed by atoms with Crippen molar-refractivity contribution in [2.45, 2.75) is 12.7 Å². The molecule has 0 aliphatic rings. The highest BCUT2D eigenvalue weighted by molar-refractivity contribution is 9.10. The van der Waals surface area contributed by atoms with Crippen molar-refractivity contribution in [3.63, 3.8) is 0 Å². The van der Waals surface area contributed by atoms with Gasteiger partial charge in [-0.2, -0.15) is 11.8 Å². The maximum Gasteiger partial charge on any atom is 0.170 e. The zero-order valence-electron chi connectivity index (χ0n) is 12.7. The third-order valence-corrected chi connectivity index (χ3v) is 5.61. The van der Waals surface area contributed by atoms with Crippen LogP contribution in [0.3, 0.4) is 0 Å². The summed E-state index contributed by atoms with van der Waals surface area (Å²) in [7, 11) is 0. The van der Waals surface area contributed by atoms with Crippen LogP contribution in [0.25, 0.3) is 0 Å². The number of benzene rings is 2. The molecule has 0 aliphatic carbocycles. The molecule has 23 heavy (non-hydrogen) atoms. The molecule has 0 heterocycles. The Hall–Kier alpha value is -0.750. The average Bonchev–Trinajstić information content (AvgIpc) is 2.52. The molecule has 0 aromatic heterocycles. The first-order valence-corrected chi connectivity index (χ1v) is 9.91. The lowest BCUT2D eigenvalue weighted by Gasteiger charge is -2.11. The number of hydrogen-bond acceptors (Lipinski definition) is 2. The second-order valence-corrected chi connectivity index (χ2v) is 7.82. The predicted molar refractivity (Wildman–Crippen MR) is 111 cm³/mol. The molecule has 2 aromatic rings. The van der Waals surface area contributed by atoms with Crippen LogP contribution in [0.2, 0.25) is 5.02 Å². The van der Waals surface area contributed by atoms with E-state index in [2.05, 4.69) is 57.8 Å². The Balaban J connectivity index is 1.64. The first kappa shape index (κ1) is 18.6. The van der Waals surface area contributed by atoms with E-state index in [1.165, 1.54) is 11.1 Å². The summed E-state index contributed by atoms with van der Waals surface area (Å²) < 4.78 is 0.871. The van der Waals surface area contributed by atoms with Gasteiger partial charge >= 0.3 is 0 Å². The Morgan fingerprint density at radius 3 is 2.65 bits per heavy atom. The summed E-state index contributed by atoms with van der Waals surface area (Å²) in [5.41, 5.74) is 3.53. The van der Waals surface area contributed by atoms with Crippen molar-refractivity contribution in [2.24, 2.45) is 0 Å². The van der Waals surface area contributed by atoms with Gasteiger partial charge in [0.1, 0.15) is 0 Å². The normalized spacial score (nSPS) is 10.4. The van der Waals surface area contributed by atoms with E-state index in [4.69, 9.17) is 23.8 Å². The summed E-state index contributed by atoms with van der Waals surface area (Å²) in [5.74, 6) is 2.02. The molecule has 0 saturated heterocycles. The van der Waals surface area contributed by atoms with Gasteiger partial charge in [-0.15, -0.1) is 0 Å². The highest BCUT2D eigenvalue weighted by Crippen LogP contribution is 2.25. The lowest BCUT2D eigenvalue weighted by atomic mass is 10.2. The van der Waals surface area contributed by atoms with Gasteiger partial charge in [-0.05, 0) is 58.8 Å². The van der Waals surface area contributed by atoms with E-state index in [0.717, 1.165) is 28.2 Å². The van der Waals surface area contributed by atoms with Crippen LogP contribution in [0, 0.1) is 6.92 Å². The highest BCUT2D eigenvalue weighted by atomic mass is 79.9. The van der Waals surface area contributed by atoms with Gasteiger partial charge in [0.05, 0.1) is 5.02 Å². The Morgan fingerprint density at radius 2 is 1.96 bits per heavy atom. The number of anilines is 1. The molecule has 0 aliphatic heterocycles. The SMILES string of the molecule is Cc1ccc(CSCCNC(=S)Nc2ccc(Br)c(Cl)c2)cc1. The van der Waals surface area contributed by atoms with Crippen LogP contribution in [0.1, 0.15) is 11.1 Å². The molecular weight excluding hydrogens is 412 g/mol. The molecule has 0 fully saturated rings. The maximum atomic E-state index is 6.06. The van der Waals surface area contributed by atoms with Gasteiger partial charge in [-0.1, -0.05) is 41.4 Å². The summed E-state index contributed by atoms with van der Waals surface area (Å²) >= 11 is 16.6.